The molecule has 1 atom stereocenters. The quantitative estimate of drug-likeness (QED) is 0.913. The van der Waals surface area contributed by atoms with Crippen molar-refractivity contribution in [3.8, 4) is 0 Å². The number of nitrogens with two attached hydrogens (primary N) is 1. The van der Waals surface area contributed by atoms with Crippen LogP contribution in [-0.2, 0) is 0 Å². The van der Waals surface area contributed by atoms with Gasteiger partial charge in [0.15, 0.2) is 5.96 Å². The summed E-state index contributed by atoms with van der Waals surface area (Å²) in [7, 11) is 0. The van der Waals surface area contributed by atoms with Gasteiger partial charge in [0, 0.05) is 11.0 Å². The summed E-state index contributed by atoms with van der Waals surface area (Å²) in [5.74, 6) is 0.617. The summed E-state index contributed by atoms with van der Waals surface area (Å²) in [5, 5.41) is 0.721. The Morgan fingerprint density at radius 2 is 2.38 bits per heavy atom. The lowest BCUT2D eigenvalue weighted by molar-refractivity contribution is 0.364. The molecule has 1 aromatic rings. The van der Waals surface area contributed by atoms with Crippen LogP contribution >= 0.6 is 27.5 Å². The molecule has 0 saturated carbocycles. The number of nitrogens with zero attached hydrogens (tertiary/aromatic N) is 2. The fourth-order valence-corrected chi connectivity index (χ4v) is 2.35. The zero-order valence-electron chi connectivity index (χ0n) is 8.95. The largest absolute Gasteiger partial charge is 0.370 e. The SMILES string of the molecule is CCN1C(N)=NCC1c1ccc(Br)c(Cl)c1. The number of hydrogen-bond acceptors (Lipinski definition) is 3. The zero-order chi connectivity index (χ0) is 11.7. The van der Waals surface area contributed by atoms with Crippen molar-refractivity contribution in [1.29, 1.82) is 0 Å². The molecule has 1 aliphatic rings. The molecule has 1 aliphatic heterocycles. The number of guanidine groups is 1. The lowest BCUT2D eigenvalue weighted by Gasteiger charge is -2.25. The predicted molar refractivity (Wildman–Crippen MR) is 70.8 cm³/mol. The fraction of sp³-hybridized carbons (Fsp3) is 0.364. The van der Waals surface area contributed by atoms with Gasteiger partial charge in [-0.2, -0.15) is 0 Å². The van der Waals surface area contributed by atoms with Crippen LogP contribution in [0.1, 0.15) is 18.5 Å². The molecule has 86 valence electrons. The van der Waals surface area contributed by atoms with Gasteiger partial charge in [0.05, 0.1) is 17.6 Å². The van der Waals surface area contributed by atoms with Gasteiger partial charge in [0.1, 0.15) is 0 Å². The summed E-state index contributed by atoms with van der Waals surface area (Å²) < 4.78 is 0.910. The van der Waals surface area contributed by atoms with Gasteiger partial charge in [-0.15, -0.1) is 0 Å². The third-order valence-electron chi connectivity index (χ3n) is 2.77. The van der Waals surface area contributed by atoms with Crippen LogP contribution in [0, 0.1) is 0 Å². The van der Waals surface area contributed by atoms with Crippen LogP contribution in [0.5, 0.6) is 0 Å². The number of aliphatic imine (C=N–C) groups is 1. The molecule has 2 N–H and O–H groups in total. The second-order valence-corrected chi connectivity index (χ2v) is 4.94. The molecule has 5 heteroatoms. The smallest absolute Gasteiger partial charge is 0.191 e. The summed E-state index contributed by atoms with van der Waals surface area (Å²) in [5.41, 5.74) is 6.97. The minimum atomic E-state index is 0.218. The van der Waals surface area contributed by atoms with E-state index in [4.69, 9.17) is 17.3 Å². The van der Waals surface area contributed by atoms with Crippen molar-refractivity contribution in [2.24, 2.45) is 10.7 Å². The van der Waals surface area contributed by atoms with E-state index < -0.39 is 0 Å². The maximum atomic E-state index is 6.09. The molecule has 16 heavy (non-hydrogen) atoms. The molecule has 0 saturated heterocycles. The minimum Gasteiger partial charge on any atom is -0.370 e. The molecule has 3 nitrogen and oxygen atoms in total. The molecule has 0 amide bonds. The van der Waals surface area contributed by atoms with Crippen molar-refractivity contribution in [3.05, 3.63) is 33.3 Å². The second-order valence-electron chi connectivity index (χ2n) is 3.67. The van der Waals surface area contributed by atoms with Gasteiger partial charge < -0.3 is 10.6 Å². The number of rotatable bonds is 2. The number of hydrogen-bond donors (Lipinski definition) is 1. The zero-order valence-corrected chi connectivity index (χ0v) is 11.3. The Hall–Kier alpha value is -0.740. The highest BCUT2D eigenvalue weighted by Crippen LogP contribution is 2.30. The third-order valence-corrected chi connectivity index (χ3v) is 4.00. The molecule has 2 rings (SSSR count). The molecule has 0 aromatic heterocycles. The van der Waals surface area contributed by atoms with Crippen molar-refractivity contribution in [2.75, 3.05) is 13.1 Å². The van der Waals surface area contributed by atoms with Crippen molar-refractivity contribution in [2.45, 2.75) is 13.0 Å². The van der Waals surface area contributed by atoms with Crippen LogP contribution in [0.15, 0.2) is 27.7 Å². The fourth-order valence-electron chi connectivity index (χ4n) is 1.92. The molecule has 0 spiro atoms. The molecule has 0 bridgehead atoms. The maximum absolute atomic E-state index is 6.09. The van der Waals surface area contributed by atoms with Crippen LogP contribution in [0.3, 0.4) is 0 Å². The van der Waals surface area contributed by atoms with Gasteiger partial charge in [0.25, 0.3) is 0 Å². The average Bonchev–Trinajstić information content (AvgIpc) is 2.63. The van der Waals surface area contributed by atoms with E-state index in [1.807, 2.05) is 12.1 Å². The molecule has 1 unspecified atom stereocenters. The van der Waals surface area contributed by atoms with Gasteiger partial charge in [0.2, 0.25) is 0 Å². The molecular formula is C11H13BrClN3. The number of halogens is 2. The first kappa shape index (κ1) is 11.7. The second kappa shape index (κ2) is 4.63. The van der Waals surface area contributed by atoms with Crippen LogP contribution in [-0.4, -0.2) is 23.9 Å². The maximum Gasteiger partial charge on any atom is 0.191 e. The van der Waals surface area contributed by atoms with Gasteiger partial charge in [-0.25, -0.2) is 0 Å². The summed E-state index contributed by atoms with van der Waals surface area (Å²) in [6.07, 6.45) is 0. The monoisotopic (exact) mass is 301 g/mol. The van der Waals surface area contributed by atoms with E-state index in [1.165, 1.54) is 0 Å². The Labute approximate surface area is 108 Å². The molecule has 0 radical (unpaired) electrons. The van der Waals surface area contributed by atoms with Crippen molar-refractivity contribution >= 4 is 33.5 Å². The van der Waals surface area contributed by atoms with E-state index >= 15 is 0 Å². The minimum absolute atomic E-state index is 0.218. The normalized spacial score (nSPS) is 20.1. The first-order valence-corrected chi connectivity index (χ1v) is 6.32. The highest BCUT2D eigenvalue weighted by Gasteiger charge is 2.26. The molecule has 1 heterocycles. The topological polar surface area (TPSA) is 41.6 Å². The standard InChI is InChI=1S/C11H13BrClN3/c1-2-16-10(6-15-11(16)14)7-3-4-8(12)9(13)5-7/h3-5,10H,2,6H2,1H3,(H2,14,15). The van der Waals surface area contributed by atoms with E-state index in [0.29, 0.717) is 12.5 Å². The summed E-state index contributed by atoms with van der Waals surface area (Å²) in [6, 6.07) is 6.19. The van der Waals surface area contributed by atoms with Gasteiger partial charge in [-0.3, -0.25) is 4.99 Å². The number of likely N-dealkylation sites (N-methyl/N-ethyl adjacent to an activating group) is 1. The lowest BCUT2D eigenvalue weighted by Crippen LogP contribution is -2.35. The van der Waals surface area contributed by atoms with E-state index in [0.717, 1.165) is 21.6 Å². The summed E-state index contributed by atoms with van der Waals surface area (Å²) in [4.78, 5) is 6.35. The molecule has 0 fully saturated rings. The van der Waals surface area contributed by atoms with E-state index in [9.17, 15) is 0 Å². The third kappa shape index (κ3) is 2.04. The Kier molecular flexibility index (Phi) is 3.40. The first-order valence-electron chi connectivity index (χ1n) is 5.15. The van der Waals surface area contributed by atoms with Gasteiger partial charge in [-0.1, -0.05) is 17.7 Å². The first-order chi connectivity index (χ1) is 7.63. The lowest BCUT2D eigenvalue weighted by atomic mass is 10.1. The van der Waals surface area contributed by atoms with Gasteiger partial charge >= 0.3 is 0 Å². The molecule has 1 aromatic carbocycles. The Morgan fingerprint density at radius 3 is 3.00 bits per heavy atom. The highest BCUT2D eigenvalue weighted by atomic mass is 79.9. The summed E-state index contributed by atoms with van der Waals surface area (Å²) in [6.45, 7) is 3.63. The van der Waals surface area contributed by atoms with E-state index in [-0.39, 0.29) is 6.04 Å². The summed E-state index contributed by atoms with van der Waals surface area (Å²) >= 11 is 9.47. The highest BCUT2D eigenvalue weighted by molar-refractivity contribution is 9.10. The van der Waals surface area contributed by atoms with Crippen molar-refractivity contribution < 1.29 is 0 Å². The van der Waals surface area contributed by atoms with Crippen LogP contribution in [0.25, 0.3) is 0 Å². The van der Waals surface area contributed by atoms with E-state index in [1.54, 1.807) is 0 Å². The molecular weight excluding hydrogens is 289 g/mol. The number of benzene rings is 1. The van der Waals surface area contributed by atoms with Crippen molar-refractivity contribution in [1.82, 2.24) is 4.90 Å². The van der Waals surface area contributed by atoms with Crippen LogP contribution in [0.4, 0.5) is 0 Å². The van der Waals surface area contributed by atoms with Crippen LogP contribution < -0.4 is 5.73 Å². The van der Waals surface area contributed by atoms with Gasteiger partial charge in [-0.05, 0) is 40.5 Å². The van der Waals surface area contributed by atoms with Crippen molar-refractivity contribution in [3.63, 3.8) is 0 Å². The van der Waals surface area contributed by atoms with E-state index in [2.05, 4.69) is 38.8 Å². The Morgan fingerprint density at radius 1 is 1.62 bits per heavy atom. The Bertz CT molecular complexity index is 433. The predicted octanol–water partition coefficient (Wildman–Crippen LogP) is 2.79. The molecule has 0 aliphatic carbocycles. The average molecular weight is 303 g/mol. The van der Waals surface area contributed by atoms with Crippen LogP contribution in [0.2, 0.25) is 5.02 Å². The Balaban J connectivity index is 2.28.